The summed E-state index contributed by atoms with van der Waals surface area (Å²) in [7, 11) is 3.17. The molecule has 3 heteroatoms. The quantitative estimate of drug-likeness (QED) is 0.709. The van der Waals surface area contributed by atoms with Crippen molar-refractivity contribution in [2.24, 2.45) is 5.92 Å². The van der Waals surface area contributed by atoms with Gasteiger partial charge in [-0.25, -0.2) is 0 Å². The molecule has 0 bridgehead atoms. The number of hydrogen-bond acceptors (Lipinski definition) is 3. The number of carbonyl (C=O) groups is 1. The third-order valence-electron chi connectivity index (χ3n) is 2.58. The molecule has 1 aliphatic rings. The topological polar surface area (TPSA) is 35.5 Å². The molecule has 3 nitrogen and oxygen atoms in total. The molecule has 0 saturated heterocycles. The highest BCUT2D eigenvalue weighted by Crippen LogP contribution is 2.34. The third-order valence-corrected chi connectivity index (χ3v) is 2.58. The highest BCUT2D eigenvalue weighted by Gasteiger charge is 2.30. The van der Waals surface area contributed by atoms with Crippen molar-refractivity contribution in [2.75, 3.05) is 14.2 Å². The zero-order valence-corrected chi connectivity index (χ0v) is 8.95. The number of carbonyl (C=O) groups excluding carboxylic acids is 1. The Morgan fingerprint density at radius 1 is 1.13 bits per heavy atom. The first-order valence-electron chi connectivity index (χ1n) is 5.02. The molecule has 0 radical (unpaired) electrons. The standard InChI is InChI=1S/C12H14O3/c1-14-10-5-9(6-11(7-10)15-2)12(13)8-3-4-8/h5-8H,3-4H2,1-2H3. The monoisotopic (exact) mass is 206 g/mol. The first-order valence-corrected chi connectivity index (χ1v) is 5.02. The van der Waals surface area contributed by atoms with Crippen LogP contribution in [0.15, 0.2) is 18.2 Å². The number of Topliss-reactive ketones (excluding diaryl/α,β-unsaturated/α-hetero) is 1. The first kappa shape index (κ1) is 10.0. The van der Waals surface area contributed by atoms with Crippen LogP contribution in [-0.4, -0.2) is 20.0 Å². The maximum atomic E-state index is 11.8. The van der Waals surface area contributed by atoms with E-state index in [1.54, 1.807) is 32.4 Å². The van der Waals surface area contributed by atoms with Crippen molar-refractivity contribution < 1.29 is 14.3 Å². The number of methoxy groups -OCH3 is 2. The zero-order valence-electron chi connectivity index (χ0n) is 8.95. The molecule has 0 unspecified atom stereocenters. The van der Waals surface area contributed by atoms with Crippen molar-refractivity contribution in [2.45, 2.75) is 12.8 Å². The lowest BCUT2D eigenvalue weighted by Gasteiger charge is -2.07. The Morgan fingerprint density at radius 3 is 2.07 bits per heavy atom. The minimum absolute atomic E-state index is 0.201. The largest absolute Gasteiger partial charge is 0.497 e. The molecule has 0 heterocycles. The number of rotatable bonds is 4. The van der Waals surface area contributed by atoms with Crippen LogP contribution in [0.25, 0.3) is 0 Å². The summed E-state index contributed by atoms with van der Waals surface area (Å²) in [6.07, 6.45) is 2.02. The SMILES string of the molecule is COc1cc(OC)cc(C(=O)C2CC2)c1. The first-order chi connectivity index (χ1) is 7.24. The Kier molecular flexibility index (Phi) is 2.62. The summed E-state index contributed by atoms with van der Waals surface area (Å²) in [5.74, 6) is 1.76. The molecule has 0 aliphatic heterocycles. The van der Waals surface area contributed by atoms with Crippen LogP contribution in [0.5, 0.6) is 11.5 Å². The Bertz CT molecular complexity index is 358. The van der Waals surface area contributed by atoms with Gasteiger partial charge in [0.1, 0.15) is 11.5 Å². The van der Waals surface area contributed by atoms with Crippen LogP contribution in [0.4, 0.5) is 0 Å². The molecule has 1 aromatic rings. The molecular weight excluding hydrogens is 192 g/mol. The van der Waals surface area contributed by atoms with Crippen molar-refractivity contribution in [1.82, 2.24) is 0 Å². The van der Waals surface area contributed by atoms with Gasteiger partial charge in [-0.05, 0) is 25.0 Å². The van der Waals surface area contributed by atoms with E-state index < -0.39 is 0 Å². The van der Waals surface area contributed by atoms with E-state index in [-0.39, 0.29) is 11.7 Å². The molecule has 1 fully saturated rings. The van der Waals surface area contributed by atoms with Crippen LogP contribution in [0.1, 0.15) is 23.2 Å². The number of ether oxygens (including phenoxy) is 2. The Hall–Kier alpha value is -1.51. The minimum atomic E-state index is 0.201. The van der Waals surface area contributed by atoms with E-state index in [0.29, 0.717) is 17.1 Å². The van der Waals surface area contributed by atoms with Gasteiger partial charge < -0.3 is 9.47 Å². The van der Waals surface area contributed by atoms with Crippen molar-refractivity contribution in [1.29, 1.82) is 0 Å². The lowest BCUT2D eigenvalue weighted by atomic mass is 10.1. The Labute approximate surface area is 89.0 Å². The van der Waals surface area contributed by atoms with Crippen molar-refractivity contribution >= 4 is 5.78 Å². The van der Waals surface area contributed by atoms with Crippen LogP contribution in [-0.2, 0) is 0 Å². The van der Waals surface area contributed by atoms with Crippen LogP contribution < -0.4 is 9.47 Å². The highest BCUT2D eigenvalue weighted by atomic mass is 16.5. The van der Waals surface area contributed by atoms with Gasteiger partial charge in [0.2, 0.25) is 0 Å². The summed E-state index contributed by atoms with van der Waals surface area (Å²) >= 11 is 0. The summed E-state index contributed by atoms with van der Waals surface area (Å²) < 4.78 is 10.2. The number of ketones is 1. The van der Waals surface area contributed by atoms with Crippen LogP contribution >= 0.6 is 0 Å². The van der Waals surface area contributed by atoms with Gasteiger partial charge in [-0.2, -0.15) is 0 Å². The van der Waals surface area contributed by atoms with Gasteiger partial charge in [0.05, 0.1) is 14.2 Å². The predicted molar refractivity (Wildman–Crippen MR) is 56.6 cm³/mol. The molecule has 1 saturated carbocycles. The number of hydrogen-bond donors (Lipinski definition) is 0. The van der Waals surface area contributed by atoms with Crippen LogP contribution in [0, 0.1) is 5.92 Å². The average Bonchev–Trinajstić information content (AvgIpc) is 3.11. The normalized spacial score (nSPS) is 14.8. The lowest BCUT2D eigenvalue weighted by molar-refractivity contribution is 0.0967. The molecule has 0 aromatic heterocycles. The fourth-order valence-electron chi connectivity index (χ4n) is 1.53. The second-order valence-electron chi connectivity index (χ2n) is 3.74. The van der Waals surface area contributed by atoms with E-state index in [4.69, 9.17) is 9.47 Å². The maximum Gasteiger partial charge on any atom is 0.166 e. The second kappa shape index (κ2) is 3.93. The van der Waals surface area contributed by atoms with Gasteiger partial charge in [-0.3, -0.25) is 4.79 Å². The molecule has 2 rings (SSSR count). The van der Waals surface area contributed by atoms with Crippen molar-refractivity contribution in [3.63, 3.8) is 0 Å². The summed E-state index contributed by atoms with van der Waals surface area (Å²) in [5.41, 5.74) is 0.689. The Morgan fingerprint density at radius 2 is 1.67 bits per heavy atom. The summed E-state index contributed by atoms with van der Waals surface area (Å²) in [6, 6.07) is 5.30. The zero-order chi connectivity index (χ0) is 10.8. The second-order valence-corrected chi connectivity index (χ2v) is 3.74. The Balaban J connectivity index is 2.32. The van der Waals surface area contributed by atoms with Crippen molar-refractivity contribution in [3.05, 3.63) is 23.8 Å². The van der Waals surface area contributed by atoms with E-state index in [2.05, 4.69) is 0 Å². The van der Waals surface area contributed by atoms with E-state index >= 15 is 0 Å². The van der Waals surface area contributed by atoms with E-state index in [9.17, 15) is 4.79 Å². The van der Waals surface area contributed by atoms with Crippen molar-refractivity contribution in [3.8, 4) is 11.5 Å². The van der Waals surface area contributed by atoms with Gasteiger partial charge in [-0.1, -0.05) is 0 Å². The van der Waals surface area contributed by atoms with Gasteiger partial charge in [0.15, 0.2) is 5.78 Å². The summed E-state index contributed by atoms with van der Waals surface area (Å²) in [5, 5.41) is 0. The molecule has 80 valence electrons. The predicted octanol–water partition coefficient (Wildman–Crippen LogP) is 2.30. The minimum Gasteiger partial charge on any atom is -0.497 e. The molecule has 1 aromatic carbocycles. The summed E-state index contributed by atoms with van der Waals surface area (Å²) in [6.45, 7) is 0. The molecule has 0 N–H and O–H groups in total. The molecule has 0 amide bonds. The smallest absolute Gasteiger partial charge is 0.166 e. The van der Waals surface area contributed by atoms with E-state index in [0.717, 1.165) is 12.8 Å². The number of benzene rings is 1. The molecule has 0 spiro atoms. The molecule has 1 aliphatic carbocycles. The molecule has 0 atom stereocenters. The van der Waals surface area contributed by atoms with Crippen LogP contribution in [0.2, 0.25) is 0 Å². The van der Waals surface area contributed by atoms with Crippen LogP contribution in [0.3, 0.4) is 0 Å². The van der Waals surface area contributed by atoms with Gasteiger partial charge in [0, 0.05) is 17.5 Å². The fraction of sp³-hybridized carbons (Fsp3) is 0.417. The van der Waals surface area contributed by atoms with E-state index in [1.807, 2.05) is 0 Å². The fourth-order valence-corrected chi connectivity index (χ4v) is 1.53. The van der Waals surface area contributed by atoms with Gasteiger partial charge >= 0.3 is 0 Å². The highest BCUT2D eigenvalue weighted by molar-refractivity contribution is 6.00. The van der Waals surface area contributed by atoms with E-state index in [1.165, 1.54) is 0 Å². The molecular formula is C12H14O3. The maximum absolute atomic E-state index is 11.8. The third kappa shape index (κ3) is 2.12. The average molecular weight is 206 g/mol. The van der Waals surface area contributed by atoms with Gasteiger partial charge in [0.25, 0.3) is 0 Å². The van der Waals surface area contributed by atoms with Gasteiger partial charge in [-0.15, -0.1) is 0 Å². The molecule has 15 heavy (non-hydrogen) atoms. The summed E-state index contributed by atoms with van der Waals surface area (Å²) in [4.78, 5) is 11.8. The lowest BCUT2D eigenvalue weighted by Crippen LogP contribution is -2.02.